The van der Waals surface area contributed by atoms with Crippen LogP contribution in [0.5, 0.6) is 0 Å². The summed E-state index contributed by atoms with van der Waals surface area (Å²) in [5.74, 6) is 3.62. The second kappa shape index (κ2) is 6.45. The third kappa shape index (κ3) is 4.03. The highest BCUT2D eigenvalue weighted by molar-refractivity contribution is 7.99. The Hall–Kier alpha value is -0.480. The molecule has 2 heterocycles. The standard InChI is InChI=1S/C13H23N3S/c1-14-13(9-11-4-7-17-8-5-11)10-12-3-6-16(2)15-12/h3,6,11,13-14H,4-5,7-10H2,1-2H3. The SMILES string of the molecule is CNC(Cc1ccn(C)n1)CC1CCSCC1. The maximum atomic E-state index is 4.46. The van der Waals surface area contributed by atoms with E-state index in [2.05, 4.69) is 35.3 Å². The number of nitrogens with zero attached hydrogens (tertiary/aromatic N) is 2. The fourth-order valence-electron chi connectivity index (χ4n) is 2.51. The van der Waals surface area contributed by atoms with Gasteiger partial charge in [0, 0.05) is 25.7 Å². The van der Waals surface area contributed by atoms with Gasteiger partial charge in [-0.2, -0.15) is 16.9 Å². The summed E-state index contributed by atoms with van der Waals surface area (Å²) in [6.45, 7) is 0. The molecule has 1 N–H and O–H groups in total. The molecular formula is C13H23N3S. The van der Waals surface area contributed by atoms with E-state index in [1.54, 1.807) is 0 Å². The third-order valence-corrected chi connectivity index (χ3v) is 4.64. The van der Waals surface area contributed by atoms with Crippen molar-refractivity contribution in [1.82, 2.24) is 15.1 Å². The van der Waals surface area contributed by atoms with E-state index in [-0.39, 0.29) is 0 Å². The van der Waals surface area contributed by atoms with Crippen LogP contribution in [0, 0.1) is 5.92 Å². The Balaban J connectivity index is 1.83. The maximum absolute atomic E-state index is 4.46. The van der Waals surface area contributed by atoms with E-state index in [9.17, 15) is 0 Å². The van der Waals surface area contributed by atoms with Crippen molar-refractivity contribution in [2.45, 2.75) is 31.7 Å². The molecule has 1 atom stereocenters. The highest BCUT2D eigenvalue weighted by Crippen LogP contribution is 2.26. The number of thioether (sulfide) groups is 1. The first-order valence-electron chi connectivity index (χ1n) is 6.51. The molecular weight excluding hydrogens is 230 g/mol. The van der Waals surface area contributed by atoms with Gasteiger partial charge in [0.25, 0.3) is 0 Å². The highest BCUT2D eigenvalue weighted by Gasteiger charge is 2.19. The van der Waals surface area contributed by atoms with Crippen LogP contribution in [-0.4, -0.2) is 34.4 Å². The fraction of sp³-hybridized carbons (Fsp3) is 0.769. The zero-order valence-corrected chi connectivity index (χ0v) is 11.7. The minimum atomic E-state index is 0.581. The van der Waals surface area contributed by atoms with Gasteiger partial charge in [-0.25, -0.2) is 0 Å². The van der Waals surface area contributed by atoms with Gasteiger partial charge in [0.15, 0.2) is 0 Å². The lowest BCUT2D eigenvalue weighted by molar-refractivity contribution is 0.374. The molecule has 1 unspecified atom stereocenters. The lowest BCUT2D eigenvalue weighted by Gasteiger charge is -2.25. The van der Waals surface area contributed by atoms with Crippen molar-refractivity contribution in [1.29, 1.82) is 0 Å². The number of hydrogen-bond acceptors (Lipinski definition) is 3. The van der Waals surface area contributed by atoms with Crippen LogP contribution < -0.4 is 5.32 Å². The van der Waals surface area contributed by atoms with Crippen LogP contribution in [0.2, 0.25) is 0 Å². The maximum Gasteiger partial charge on any atom is 0.0639 e. The zero-order chi connectivity index (χ0) is 12.1. The topological polar surface area (TPSA) is 29.9 Å². The average molecular weight is 253 g/mol. The first-order chi connectivity index (χ1) is 8.28. The van der Waals surface area contributed by atoms with E-state index in [0.717, 1.165) is 12.3 Å². The van der Waals surface area contributed by atoms with Crippen LogP contribution in [0.4, 0.5) is 0 Å². The Morgan fingerprint density at radius 1 is 1.53 bits per heavy atom. The molecule has 1 aliphatic rings. The smallest absolute Gasteiger partial charge is 0.0639 e. The minimum Gasteiger partial charge on any atom is -0.317 e. The molecule has 1 aliphatic heterocycles. The molecule has 1 aromatic rings. The Bertz CT molecular complexity index is 331. The first-order valence-corrected chi connectivity index (χ1v) is 7.67. The van der Waals surface area contributed by atoms with Crippen molar-refractivity contribution in [2.24, 2.45) is 13.0 Å². The molecule has 0 aliphatic carbocycles. The summed E-state index contributed by atoms with van der Waals surface area (Å²) >= 11 is 2.10. The summed E-state index contributed by atoms with van der Waals surface area (Å²) in [5.41, 5.74) is 1.21. The van der Waals surface area contributed by atoms with Gasteiger partial charge in [-0.15, -0.1) is 0 Å². The van der Waals surface area contributed by atoms with E-state index in [1.807, 2.05) is 17.9 Å². The van der Waals surface area contributed by atoms with E-state index >= 15 is 0 Å². The van der Waals surface area contributed by atoms with Crippen LogP contribution in [-0.2, 0) is 13.5 Å². The second-order valence-corrected chi connectivity index (χ2v) is 6.19. The first kappa shape index (κ1) is 13.0. The number of aromatic nitrogens is 2. The molecule has 4 heteroatoms. The second-order valence-electron chi connectivity index (χ2n) is 4.96. The van der Waals surface area contributed by atoms with E-state index < -0.39 is 0 Å². The number of aryl methyl sites for hydroxylation is 1. The highest BCUT2D eigenvalue weighted by atomic mass is 32.2. The average Bonchev–Trinajstić information content (AvgIpc) is 2.75. The number of nitrogens with one attached hydrogen (secondary N) is 1. The van der Waals surface area contributed by atoms with Crippen molar-refractivity contribution in [2.75, 3.05) is 18.6 Å². The van der Waals surface area contributed by atoms with Crippen molar-refractivity contribution in [3.63, 3.8) is 0 Å². The molecule has 3 nitrogen and oxygen atoms in total. The van der Waals surface area contributed by atoms with Gasteiger partial charge in [0.2, 0.25) is 0 Å². The molecule has 1 saturated heterocycles. The van der Waals surface area contributed by atoms with E-state index in [1.165, 1.54) is 36.5 Å². The van der Waals surface area contributed by atoms with Crippen molar-refractivity contribution >= 4 is 11.8 Å². The lowest BCUT2D eigenvalue weighted by Crippen LogP contribution is -2.31. The fourth-order valence-corrected chi connectivity index (χ4v) is 3.72. The van der Waals surface area contributed by atoms with Gasteiger partial charge in [-0.1, -0.05) is 0 Å². The van der Waals surface area contributed by atoms with Crippen molar-refractivity contribution < 1.29 is 0 Å². The van der Waals surface area contributed by atoms with Gasteiger partial charge in [0.05, 0.1) is 5.69 Å². The lowest BCUT2D eigenvalue weighted by atomic mass is 9.92. The summed E-state index contributed by atoms with van der Waals surface area (Å²) in [5, 5.41) is 7.92. The normalized spacial score (nSPS) is 19.4. The molecule has 0 spiro atoms. The van der Waals surface area contributed by atoms with Crippen LogP contribution in [0.3, 0.4) is 0 Å². The minimum absolute atomic E-state index is 0.581. The monoisotopic (exact) mass is 253 g/mol. The molecule has 96 valence electrons. The molecule has 0 radical (unpaired) electrons. The molecule has 17 heavy (non-hydrogen) atoms. The van der Waals surface area contributed by atoms with Crippen LogP contribution >= 0.6 is 11.8 Å². The van der Waals surface area contributed by atoms with E-state index in [0.29, 0.717) is 6.04 Å². The van der Waals surface area contributed by atoms with Gasteiger partial charge in [0.1, 0.15) is 0 Å². The number of likely N-dealkylation sites (N-methyl/N-ethyl adjacent to an activating group) is 1. The third-order valence-electron chi connectivity index (χ3n) is 3.59. The van der Waals surface area contributed by atoms with Crippen molar-refractivity contribution in [3.05, 3.63) is 18.0 Å². The van der Waals surface area contributed by atoms with Gasteiger partial charge >= 0.3 is 0 Å². The number of hydrogen-bond donors (Lipinski definition) is 1. The summed E-state index contributed by atoms with van der Waals surface area (Å²) in [4.78, 5) is 0. The van der Waals surface area contributed by atoms with Gasteiger partial charge in [-0.3, -0.25) is 4.68 Å². The Kier molecular flexibility index (Phi) is 4.92. The zero-order valence-electron chi connectivity index (χ0n) is 10.9. The molecule has 2 rings (SSSR count). The van der Waals surface area contributed by atoms with Crippen LogP contribution in [0.1, 0.15) is 25.0 Å². The Morgan fingerprint density at radius 2 is 2.29 bits per heavy atom. The molecule has 0 saturated carbocycles. The summed E-state index contributed by atoms with van der Waals surface area (Å²) in [7, 11) is 4.06. The molecule has 1 fully saturated rings. The predicted molar refractivity (Wildman–Crippen MR) is 74.4 cm³/mol. The van der Waals surface area contributed by atoms with Gasteiger partial charge in [-0.05, 0) is 49.8 Å². The quantitative estimate of drug-likeness (QED) is 0.871. The largest absolute Gasteiger partial charge is 0.317 e. The van der Waals surface area contributed by atoms with Gasteiger partial charge < -0.3 is 5.32 Å². The molecule has 1 aromatic heterocycles. The Labute approximate surface area is 108 Å². The Morgan fingerprint density at radius 3 is 2.88 bits per heavy atom. The molecule has 0 amide bonds. The van der Waals surface area contributed by atoms with Crippen LogP contribution in [0.25, 0.3) is 0 Å². The van der Waals surface area contributed by atoms with E-state index in [4.69, 9.17) is 0 Å². The summed E-state index contributed by atoms with van der Waals surface area (Å²) < 4.78 is 1.89. The van der Waals surface area contributed by atoms with Crippen molar-refractivity contribution in [3.8, 4) is 0 Å². The molecule has 0 bridgehead atoms. The molecule has 0 aromatic carbocycles. The predicted octanol–water partition coefficient (Wildman–Crippen LogP) is 2.08. The number of rotatable bonds is 5. The van der Waals surface area contributed by atoms with Crippen LogP contribution in [0.15, 0.2) is 12.3 Å². The summed E-state index contributed by atoms with van der Waals surface area (Å²) in [6, 6.07) is 2.71. The summed E-state index contributed by atoms with van der Waals surface area (Å²) in [6.07, 6.45) is 7.17.